The van der Waals surface area contributed by atoms with Gasteiger partial charge < -0.3 is 15.5 Å². The van der Waals surface area contributed by atoms with Gasteiger partial charge in [-0.1, -0.05) is 17.7 Å². The number of fused-ring (bicyclic) bond motifs is 1. The molecule has 148 valence electrons. The number of nitrogens with two attached hydrogens (primary N) is 1. The second-order valence-electron chi connectivity index (χ2n) is 7.84. The first kappa shape index (κ1) is 20.4. The number of benzene rings is 1. The van der Waals surface area contributed by atoms with Crippen LogP contribution in [-0.2, 0) is 9.59 Å². The van der Waals surface area contributed by atoms with Gasteiger partial charge in [0.05, 0.1) is 17.0 Å². The lowest BCUT2D eigenvalue weighted by atomic mass is 9.92. The number of halogens is 3. The largest absolute Gasteiger partial charge is 0.342 e. The summed E-state index contributed by atoms with van der Waals surface area (Å²) in [6, 6.07) is 4.20. The van der Waals surface area contributed by atoms with E-state index in [0.717, 1.165) is 12.8 Å². The molecule has 0 bridgehead atoms. The molecule has 0 spiro atoms. The highest BCUT2D eigenvalue weighted by Crippen LogP contribution is 2.42. The zero-order valence-electron chi connectivity index (χ0n) is 15.1. The summed E-state index contributed by atoms with van der Waals surface area (Å²) in [6.45, 7) is 1.38. The maximum absolute atomic E-state index is 13.9. The molecule has 5 nitrogen and oxygen atoms in total. The van der Waals surface area contributed by atoms with E-state index in [-0.39, 0.29) is 41.7 Å². The highest BCUT2D eigenvalue weighted by Gasteiger charge is 2.48. The molecule has 2 aliphatic heterocycles. The molecule has 0 radical (unpaired) electrons. The Morgan fingerprint density at radius 3 is 2.70 bits per heavy atom. The third-order valence-corrected chi connectivity index (χ3v) is 6.72. The fourth-order valence-electron chi connectivity index (χ4n) is 4.97. The van der Waals surface area contributed by atoms with E-state index >= 15 is 0 Å². The van der Waals surface area contributed by atoms with Crippen LogP contribution in [0.4, 0.5) is 4.39 Å². The summed E-state index contributed by atoms with van der Waals surface area (Å²) in [4.78, 5) is 28.9. The first-order chi connectivity index (χ1) is 12.4. The summed E-state index contributed by atoms with van der Waals surface area (Å²) in [5.74, 6) is -0.326. The van der Waals surface area contributed by atoms with Gasteiger partial charge in [0, 0.05) is 32.6 Å². The Labute approximate surface area is 169 Å². The average molecular weight is 416 g/mol. The molecule has 3 aliphatic rings. The summed E-state index contributed by atoms with van der Waals surface area (Å²) < 4.78 is 13.9. The van der Waals surface area contributed by atoms with Crippen LogP contribution in [0.1, 0.15) is 30.9 Å². The van der Waals surface area contributed by atoms with Gasteiger partial charge in [0.1, 0.15) is 5.82 Å². The number of hydrogen-bond acceptors (Lipinski definition) is 3. The molecular weight excluding hydrogens is 392 g/mol. The van der Waals surface area contributed by atoms with Crippen molar-refractivity contribution in [2.45, 2.75) is 31.3 Å². The Morgan fingerprint density at radius 1 is 1.30 bits per heavy atom. The molecule has 5 unspecified atom stereocenters. The number of rotatable bonds is 2. The second kappa shape index (κ2) is 7.57. The molecule has 3 fully saturated rings. The maximum atomic E-state index is 13.9. The van der Waals surface area contributed by atoms with Crippen LogP contribution >= 0.6 is 24.0 Å². The fourth-order valence-corrected chi connectivity index (χ4v) is 5.08. The minimum atomic E-state index is -0.537. The van der Waals surface area contributed by atoms with E-state index in [1.807, 2.05) is 4.90 Å². The number of carbonyl (C=O) groups is 2. The molecule has 4 rings (SSSR count). The highest BCUT2D eigenvalue weighted by atomic mass is 35.5. The molecule has 1 aromatic rings. The summed E-state index contributed by atoms with van der Waals surface area (Å²) in [7, 11) is 1.67. The van der Waals surface area contributed by atoms with E-state index in [1.54, 1.807) is 18.0 Å². The molecule has 27 heavy (non-hydrogen) atoms. The Hall–Kier alpha value is -1.37. The van der Waals surface area contributed by atoms with E-state index in [0.29, 0.717) is 30.5 Å². The van der Waals surface area contributed by atoms with Crippen molar-refractivity contribution in [1.82, 2.24) is 9.80 Å². The predicted octanol–water partition coefficient (Wildman–Crippen LogP) is 2.62. The van der Waals surface area contributed by atoms with Crippen LogP contribution in [-0.4, -0.2) is 47.8 Å². The molecule has 2 saturated heterocycles. The molecule has 1 aromatic carbocycles. The van der Waals surface area contributed by atoms with E-state index in [9.17, 15) is 14.0 Å². The van der Waals surface area contributed by atoms with Gasteiger partial charge in [0.15, 0.2) is 0 Å². The van der Waals surface area contributed by atoms with Gasteiger partial charge in [0.25, 0.3) is 0 Å². The summed E-state index contributed by atoms with van der Waals surface area (Å²) in [6.07, 6.45) is 2.24. The lowest BCUT2D eigenvalue weighted by Gasteiger charge is -2.28. The first-order valence-electron chi connectivity index (χ1n) is 9.11. The van der Waals surface area contributed by atoms with Gasteiger partial charge in [0.2, 0.25) is 11.8 Å². The Kier molecular flexibility index (Phi) is 5.71. The van der Waals surface area contributed by atoms with E-state index in [4.69, 9.17) is 17.3 Å². The molecule has 5 atom stereocenters. The number of amides is 2. The Balaban J connectivity index is 0.00000210. The van der Waals surface area contributed by atoms with Crippen LogP contribution in [0.15, 0.2) is 18.2 Å². The van der Waals surface area contributed by atoms with Gasteiger partial charge in [-0.3, -0.25) is 9.59 Å². The van der Waals surface area contributed by atoms with Crippen molar-refractivity contribution in [2.24, 2.45) is 23.5 Å². The molecular formula is C19H24Cl2FN3O2. The zero-order valence-corrected chi connectivity index (χ0v) is 16.7. The smallest absolute Gasteiger partial charge is 0.228 e. The van der Waals surface area contributed by atoms with Crippen LogP contribution < -0.4 is 5.73 Å². The van der Waals surface area contributed by atoms with Crippen LogP contribution in [0.3, 0.4) is 0 Å². The SMILES string of the molecule is CN1C(=O)CC(C(=O)N2CC3CCC(N)C3C2)C1c1ccc(Cl)c(F)c1.Cl. The van der Waals surface area contributed by atoms with E-state index < -0.39 is 17.8 Å². The first-order valence-corrected chi connectivity index (χ1v) is 9.49. The summed E-state index contributed by atoms with van der Waals surface area (Å²) >= 11 is 5.78. The zero-order chi connectivity index (χ0) is 18.6. The highest BCUT2D eigenvalue weighted by molar-refractivity contribution is 6.30. The van der Waals surface area contributed by atoms with Gasteiger partial charge in [-0.05, 0) is 42.4 Å². The van der Waals surface area contributed by atoms with Crippen LogP contribution in [0.25, 0.3) is 0 Å². The standard InChI is InChI=1S/C19H23ClFN3O2.ClH/c1-23-17(25)7-12(18(23)10-2-4-14(20)15(21)6-10)19(26)24-8-11-3-5-16(22)13(11)9-24;/h2,4,6,11-13,16,18H,3,5,7-9,22H2,1H3;1H. The van der Waals surface area contributed by atoms with E-state index in [2.05, 4.69) is 0 Å². The third kappa shape index (κ3) is 3.43. The monoisotopic (exact) mass is 415 g/mol. The number of nitrogens with zero attached hydrogens (tertiary/aromatic N) is 2. The minimum absolute atomic E-state index is 0. The predicted molar refractivity (Wildman–Crippen MR) is 103 cm³/mol. The van der Waals surface area contributed by atoms with Crippen LogP contribution in [0, 0.1) is 23.6 Å². The van der Waals surface area contributed by atoms with Crippen LogP contribution in [0.5, 0.6) is 0 Å². The average Bonchev–Trinajstić information content (AvgIpc) is 3.26. The molecule has 2 N–H and O–H groups in total. The quantitative estimate of drug-likeness (QED) is 0.806. The topological polar surface area (TPSA) is 66.6 Å². The molecule has 1 aliphatic carbocycles. The number of hydrogen-bond donors (Lipinski definition) is 1. The minimum Gasteiger partial charge on any atom is -0.342 e. The van der Waals surface area contributed by atoms with Crippen molar-refractivity contribution < 1.29 is 14.0 Å². The molecule has 8 heteroatoms. The van der Waals surface area contributed by atoms with Crippen molar-refractivity contribution in [3.05, 3.63) is 34.6 Å². The number of likely N-dealkylation sites (tertiary alicyclic amines) is 2. The van der Waals surface area contributed by atoms with Gasteiger partial charge in [-0.2, -0.15) is 0 Å². The normalized spacial score (nSPS) is 32.6. The lowest BCUT2D eigenvalue weighted by molar-refractivity contribution is -0.135. The van der Waals surface area contributed by atoms with Crippen LogP contribution in [0.2, 0.25) is 5.02 Å². The van der Waals surface area contributed by atoms with Crippen molar-refractivity contribution in [3.8, 4) is 0 Å². The van der Waals surface area contributed by atoms with Crippen molar-refractivity contribution in [1.29, 1.82) is 0 Å². The lowest BCUT2D eigenvalue weighted by Crippen LogP contribution is -2.39. The Bertz CT molecular complexity index is 762. The third-order valence-electron chi connectivity index (χ3n) is 6.41. The molecule has 2 heterocycles. The maximum Gasteiger partial charge on any atom is 0.228 e. The van der Waals surface area contributed by atoms with Crippen molar-refractivity contribution in [3.63, 3.8) is 0 Å². The Morgan fingerprint density at radius 2 is 2.04 bits per heavy atom. The molecule has 1 saturated carbocycles. The van der Waals surface area contributed by atoms with Crippen molar-refractivity contribution >= 4 is 35.8 Å². The van der Waals surface area contributed by atoms with E-state index in [1.165, 1.54) is 12.1 Å². The van der Waals surface area contributed by atoms with Gasteiger partial charge in [-0.15, -0.1) is 12.4 Å². The summed E-state index contributed by atoms with van der Waals surface area (Å²) in [5, 5.41) is 0.0324. The molecule has 2 amide bonds. The second-order valence-corrected chi connectivity index (χ2v) is 8.25. The van der Waals surface area contributed by atoms with Gasteiger partial charge in [-0.25, -0.2) is 4.39 Å². The fraction of sp³-hybridized carbons (Fsp3) is 0.579. The van der Waals surface area contributed by atoms with Gasteiger partial charge >= 0.3 is 0 Å². The number of carbonyl (C=O) groups excluding carboxylic acids is 2. The van der Waals surface area contributed by atoms with Crippen molar-refractivity contribution in [2.75, 3.05) is 20.1 Å². The summed E-state index contributed by atoms with van der Waals surface area (Å²) in [5.41, 5.74) is 6.78. The molecule has 0 aromatic heterocycles.